The maximum Gasteiger partial charge on any atom is 0.257 e. The maximum absolute atomic E-state index is 12.9. The average molecular weight is 409 g/mol. The molecule has 1 aliphatic rings. The Morgan fingerprint density at radius 2 is 1.97 bits per heavy atom. The molecule has 1 aliphatic heterocycles. The molecule has 4 rings (SSSR count). The maximum atomic E-state index is 12.9. The van der Waals surface area contributed by atoms with Crippen LogP contribution in [0.5, 0.6) is 0 Å². The van der Waals surface area contributed by atoms with E-state index in [9.17, 15) is 4.79 Å². The number of hydrogen-bond acceptors (Lipinski definition) is 6. The summed E-state index contributed by atoms with van der Waals surface area (Å²) in [5, 5.41) is 6.92. The lowest BCUT2D eigenvalue weighted by Crippen LogP contribution is -2.18. The van der Waals surface area contributed by atoms with Crippen molar-refractivity contribution in [1.29, 1.82) is 0 Å². The molecule has 1 amide bonds. The van der Waals surface area contributed by atoms with Gasteiger partial charge in [-0.15, -0.1) is 11.8 Å². The number of anilines is 2. The van der Waals surface area contributed by atoms with Crippen LogP contribution in [-0.2, 0) is 5.75 Å². The quantitative estimate of drug-likeness (QED) is 0.589. The fraction of sp³-hybridized carbons (Fsp3) is 0.318. The molecule has 2 aromatic heterocycles. The van der Waals surface area contributed by atoms with Crippen LogP contribution in [-0.4, -0.2) is 29.1 Å². The number of aromatic nitrogens is 2. The third kappa shape index (κ3) is 4.45. The van der Waals surface area contributed by atoms with Crippen molar-refractivity contribution < 1.29 is 9.32 Å². The molecule has 1 fully saturated rings. The molecular formula is C22H24N4O2S. The van der Waals surface area contributed by atoms with Gasteiger partial charge < -0.3 is 14.7 Å². The van der Waals surface area contributed by atoms with Gasteiger partial charge in [0.05, 0.1) is 23.1 Å². The van der Waals surface area contributed by atoms with Crippen molar-refractivity contribution in [3.63, 3.8) is 0 Å². The van der Waals surface area contributed by atoms with Crippen LogP contribution in [0.15, 0.2) is 52.0 Å². The molecule has 0 spiro atoms. The SMILES string of the molecule is Cc1noc(C)c1CSc1ccccc1C(=O)Nc1ccc(N2CCCC2)cn1. The predicted molar refractivity (Wildman–Crippen MR) is 116 cm³/mol. The van der Waals surface area contributed by atoms with Crippen LogP contribution < -0.4 is 10.2 Å². The van der Waals surface area contributed by atoms with Crippen LogP contribution in [0.25, 0.3) is 0 Å². The summed E-state index contributed by atoms with van der Waals surface area (Å²) in [6.07, 6.45) is 4.28. The fourth-order valence-electron chi connectivity index (χ4n) is 3.44. The first-order chi connectivity index (χ1) is 14.1. The summed E-state index contributed by atoms with van der Waals surface area (Å²) in [6, 6.07) is 11.5. The minimum absolute atomic E-state index is 0.159. The summed E-state index contributed by atoms with van der Waals surface area (Å²) < 4.78 is 5.23. The van der Waals surface area contributed by atoms with Crippen molar-refractivity contribution >= 4 is 29.2 Å². The van der Waals surface area contributed by atoms with E-state index in [0.717, 1.165) is 40.7 Å². The summed E-state index contributed by atoms with van der Waals surface area (Å²) >= 11 is 1.60. The Labute approximate surface area is 174 Å². The third-order valence-corrected chi connectivity index (χ3v) is 6.25. The molecule has 3 aromatic rings. The van der Waals surface area contributed by atoms with E-state index in [1.165, 1.54) is 12.8 Å². The number of carbonyl (C=O) groups is 1. The number of amides is 1. The second kappa shape index (κ2) is 8.69. The van der Waals surface area contributed by atoms with E-state index in [-0.39, 0.29) is 5.91 Å². The molecule has 6 nitrogen and oxygen atoms in total. The van der Waals surface area contributed by atoms with E-state index in [2.05, 4.69) is 20.4 Å². The summed E-state index contributed by atoms with van der Waals surface area (Å²) in [4.78, 5) is 20.5. The van der Waals surface area contributed by atoms with Crippen molar-refractivity contribution in [1.82, 2.24) is 10.1 Å². The van der Waals surface area contributed by atoms with Gasteiger partial charge in [-0.3, -0.25) is 4.79 Å². The first-order valence-corrected chi connectivity index (χ1v) is 10.8. The zero-order valence-corrected chi connectivity index (χ0v) is 17.5. The van der Waals surface area contributed by atoms with Crippen molar-refractivity contribution in [2.75, 3.05) is 23.3 Å². The number of thioether (sulfide) groups is 1. The Bertz CT molecular complexity index is 975. The Hall–Kier alpha value is -2.80. The molecule has 150 valence electrons. The number of aryl methyl sites for hydroxylation is 2. The van der Waals surface area contributed by atoms with Gasteiger partial charge in [-0.05, 0) is 51.0 Å². The molecular weight excluding hydrogens is 384 g/mol. The van der Waals surface area contributed by atoms with E-state index in [1.54, 1.807) is 11.8 Å². The first-order valence-electron chi connectivity index (χ1n) is 9.78. The smallest absolute Gasteiger partial charge is 0.257 e. The number of nitrogens with one attached hydrogen (secondary N) is 1. The van der Waals surface area contributed by atoms with Gasteiger partial charge in [0, 0.05) is 29.3 Å². The molecule has 1 aromatic carbocycles. The largest absolute Gasteiger partial charge is 0.370 e. The number of rotatable bonds is 6. The Morgan fingerprint density at radius 3 is 2.66 bits per heavy atom. The fourth-order valence-corrected chi connectivity index (χ4v) is 4.65. The predicted octanol–water partition coefficient (Wildman–Crippen LogP) is 4.83. The van der Waals surface area contributed by atoms with Crippen molar-refractivity contribution in [3.05, 3.63) is 65.2 Å². The number of nitrogens with zero attached hydrogens (tertiary/aromatic N) is 3. The zero-order valence-electron chi connectivity index (χ0n) is 16.6. The van der Waals surface area contributed by atoms with Crippen LogP contribution in [0, 0.1) is 13.8 Å². The monoisotopic (exact) mass is 408 g/mol. The van der Waals surface area contributed by atoms with Crippen LogP contribution in [0.1, 0.15) is 40.2 Å². The Kier molecular flexibility index (Phi) is 5.85. The van der Waals surface area contributed by atoms with E-state index in [4.69, 9.17) is 4.52 Å². The summed E-state index contributed by atoms with van der Waals surface area (Å²) in [5.74, 6) is 1.92. The number of carbonyl (C=O) groups excluding carboxylic acids is 1. The molecule has 1 N–H and O–H groups in total. The highest BCUT2D eigenvalue weighted by atomic mass is 32.2. The van der Waals surface area contributed by atoms with Gasteiger partial charge in [0.1, 0.15) is 11.6 Å². The standard InChI is InChI=1S/C22H24N4O2S/c1-15-19(16(2)28-25-15)14-29-20-8-4-3-7-18(20)22(27)24-21-10-9-17(13-23-21)26-11-5-6-12-26/h3-4,7-10,13H,5-6,11-12,14H2,1-2H3,(H,23,24,27). The van der Waals surface area contributed by atoms with Gasteiger partial charge in [-0.25, -0.2) is 4.98 Å². The van der Waals surface area contributed by atoms with Crippen molar-refractivity contribution in [2.45, 2.75) is 37.3 Å². The Balaban J connectivity index is 1.44. The lowest BCUT2D eigenvalue weighted by molar-refractivity contribution is 0.102. The van der Waals surface area contributed by atoms with Crippen LogP contribution in [0.2, 0.25) is 0 Å². The second-order valence-electron chi connectivity index (χ2n) is 7.14. The minimum atomic E-state index is -0.159. The molecule has 0 unspecified atom stereocenters. The van der Waals surface area contributed by atoms with Crippen LogP contribution >= 0.6 is 11.8 Å². The summed E-state index contributed by atoms with van der Waals surface area (Å²) in [7, 11) is 0. The number of pyridine rings is 1. The van der Waals surface area contributed by atoms with Crippen molar-refractivity contribution in [2.24, 2.45) is 0 Å². The molecule has 0 radical (unpaired) electrons. The summed E-state index contributed by atoms with van der Waals surface area (Å²) in [6.45, 7) is 5.99. The van der Waals surface area contributed by atoms with E-state index < -0.39 is 0 Å². The third-order valence-electron chi connectivity index (χ3n) is 5.15. The Morgan fingerprint density at radius 1 is 1.17 bits per heavy atom. The molecule has 7 heteroatoms. The summed E-state index contributed by atoms with van der Waals surface area (Å²) in [5.41, 5.74) is 3.70. The van der Waals surface area contributed by atoms with Gasteiger partial charge in [-0.1, -0.05) is 17.3 Å². The highest BCUT2D eigenvalue weighted by molar-refractivity contribution is 7.98. The van der Waals surface area contributed by atoms with Gasteiger partial charge in [-0.2, -0.15) is 0 Å². The van der Waals surface area contributed by atoms with E-state index in [0.29, 0.717) is 17.1 Å². The number of benzene rings is 1. The molecule has 0 aliphatic carbocycles. The molecule has 0 atom stereocenters. The van der Waals surface area contributed by atoms with E-state index >= 15 is 0 Å². The first kappa shape index (κ1) is 19.5. The molecule has 3 heterocycles. The zero-order chi connectivity index (χ0) is 20.2. The van der Waals surface area contributed by atoms with Gasteiger partial charge in [0.25, 0.3) is 5.91 Å². The number of hydrogen-bond donors (Lipinski definition) is 1. The minimum Gasteiger partial charge on any atom is -0.370 e. The second-order valence-corrected chi connectivity index (χ2v) is 8.15. The van der Waals surface area contributed by atoms with Crippen molar-refractivity contribution in [3.8, 4) is 0 Å². The van der Waals surface area contributed by atoms with Crippen LogP contribution in [0.3, 0.4) is 0 Å². The molecule has 0 bridgehead atoms. The molecule has 1 saturated heterocycles. The lowest BCUT2D eigenvalue weighted by atomic mass is 10.2. The van der Waals surface area contributed by atoms with Gasteiger partial charge in [0.2, 0.25) is 0 Å². The van der Waals surface area contributed by atoms with Crippen LogP contribution in [0.4, 0.5) is 11.5 Å². The highest BCUT2D eigenvalue weighted by Crippen LogP contribution is 2.29. The average Bonchev–Trinajstić information content (AvgIpc) is 3.38. The lowest BCUT2D eigenvalue weighted by Gasteiger charge is -2.17. The van der Waals surface area contributed by atoms with Gasteiger partial charge >= 0.3 is 0 Å². The topological polar surface area (TPSA) is 71.3 Å². The van der Waals surface area contributed by atoms with Gasteiger partial charge in [0.15, 0.2) is 0 Å². The highest BCUT2D eigenvalue weighted by Gasteiger charge is 2.16. The normalized spacial score (nSPS) is 13.7. The molecule has 0 saturated carbocycles. The molecule has 29 heavy (non-hydrogen) atoms. The van der Waals surface area contributed by atoms with E-state index in [1.807, 2.05) is 56.4 Å².